The van der Waals surface area contributed by atoms with E-state index in [1.165, 1.54) is 5.39 Å². The largest absolute Gasteiger partial charge is 1.00 e. The van der Waals surface area contributed by atoms with Crippen molar-refractivity contribution in [2.75, 3.05) is 0 Å². The number of para-hydroxylation sites is 1. The molecule has 0 unspecified atom stereocenters. The van der Waals surface area contributed by atoms with Crippen LogP contribution in [0.25, 0.3) is 33.3 Å². The van der Waals surface area contributed by atoms with E-state index in [-0.39, 0.29) is 20.3 Å². The van der Waals surface area contributed by atoms with E-state index < -0.39 is 0 Å². The second kappa shape index (κ2) is 6.79. The van der Waals surface area contributed by atoms with Crippen LogP contribution in [0.3, 0.4) is 0 Å². The van der Waals surface area contributed by atoms with Crippen LogP contribution in [-0.2, 0) is 0 Å². The summed E-state index contributed by atoms with van der Waals surface area (Å²) >= 11 is 0. The molecule has 2 aromatic heterocycles. The maximum atomic E-state index is 4.74. The first-order valence-corrected chi connectivity index (χ1v) is 7.27. The third-order valence-electron chi connectivity index (χ3n) is 3.77. The maximum absolute atomic E-state index is 4.74. The number of rotatable bonds is 2. The van der Waals surface area contributed by atoms with Gasteiger partial charge in [0, 0.05) is 23.3 Å². The van der Waals surface area contributed by atoms with Crippen molar-refractivity contribution in [3.8, 4) is 22.4 Å². The van der Waals surface area contributed by atoms with Crippen LogP contribution < -0.4 is 18.9 Å². The monoisotopic (exact) mass is 290 g/mol. The normalized spacial score (nSPS) is 10.3. The molecule has 0 fully saturated rings. The Hall–Kier alpha value is -2.40. The fourth-order valence-corrected chi connectivity index (χ4v) is 2.59. The first-order valence-electron chi connectivity index (χ1n) is 7.27. The van der Waals surface area contributed by atoms with Crippen LogP contribution in [0.15, 0.2) is 85.2 Å². The predicted octanol–water partition coefficient (Wildman–Crippen LogP) is 2.08. The number of pyridine rings is 2. The Morgan fingerprint density at radius 3 is 2.22 bits per heavy atom. The number of hydrogen-bond donors (Lipinski definition) is 0. The van der Waals surface area contributed by atoms with E-state index in [9.17, 15) is 0 Å². The summed E-state index contributed by atoms with van der Waals surface area (Å²) in [5.74, 6) is 0. The van der Waals surface area contributed by atoms with Gasteiger partial charge >= 0.3 is 18.9 Å². The summed E-state index contributed by atoms with van der Waals surface area (Å²) in [6.45, 7) is 0. The molecule has 0 saturated heterocycles. The van der Waals surface area contributed by atoms with Crippen LogP contribution in [0.4, 0.5) is 0 Å². The van der Waals surface area contributed by atoms with Crippen molar-refractivity contribution in [2.24, 2.45) is 0 Å². The van der Waals surface area contributed by atoms with Crippen LogP contribution in [0, 0.1) is 0 Å². The Kier molecular flexibility index (Phi) is 4.57. The summed E-state index contributed by atoms with van der Waals surface area (Å²) in [6, 6.07) is 24.8. The molecular formula is C20H15LiN2. The van der Waals surface area contributed by atoms with Crippen LogP contribution in [-0.4, -0.2) is 9.97 Å². The van der Waals surface area contributed by atoms with Gasteiger partial charge in [0.1, 0.15) is 0 Å². The van der Waals surface area contributed by atoms with Gasteiger partial charge in [0.05, 0.1) is 11.2 Å². The van der Waals surface area contributed by atoms with E-state index in [0.717, 1.165) is 27.9 Å². The van der Waals surface area contributed by atoms with E-state index in [0.29, 0.717) is 0 Å². The van der Waals surface area contributed by atoms with Gasteiger partial charge in [0.15, 0.2) is 0 Å². The van der Waals surface area contributed by atoms with Gasteiger partial charge in [-0.2, -0.15) is 0 Å². The van der Waals surface area contributed by atoms with E-state index >= 15 is 0 Å². The predicted molar refractivity (Wildman–Crippen MR) is 91.5 cm³/mol. The Bertz CT molecular complexity index is 925. The van der Waals surface area contributed by atoms with Crippen molar-refractivity contribution in [1.82, 2.24) is 9.97 Å². The van der Waals surface area contributed by atoms with E-state index in [2.05, 4.69) is 53.5 Å². The molecule has 2 heterocycles. The molecule has 0 atom stereocenters. The minimum atomic E-state index is 0. The third kappa shape index (κ3) is 3.19. The smallest absolute Gasteiger partial charge is 1.00 e. The summed E-state index contributed by atoms with van der Waals surface area (Å²) in [4.78, 5) is 8.90. The standard InChI is InChI=1S/C20H14N2.Li.H/c1-2-6-19-16(4-1)11-12-20(22-19)17-9-7-15(8-10-17)18-5-3-13-21-14-18;;/h1-14H;;/q;+1;-1. The summed E-state index contributed by atoms with van der Waals surface area (Å²) in [5, 5.41) is 1.17. The van der Waals surface area contributed by atoms with Crippen molar-refractivity contribution in [3.05, 3.63) is 85.2 Å². The molecule has 2 nitrogen and oxygen atoms in total. The number of hydrogen-bond acceptors (Lipinski definition) is 2. The molecular weight excluding hydrogens is 275 g/mol. The first kappa shape index (κ1) is 15.5. The van der Waals surface area contributed by atoms with Crippen LogP contribution >= 0.6 is 0 Å². The Balaban J connectivity index is 0.00000104. The molecule has 4 aromatic rings. The second-order valence-corrected chi connectivity index (χ2v) is 5.21. The quantitative estimate of drug-likeness (QED) is 0.528. The topological polar surface area (TPSA) is 25.8 Å². The fraction of sp³-hybridized carbons (Fsp3) is 0. The van der Waals surface area contributed by atoms with Gasteiger partial charge in [-0.05, 0) is 29.3 Å². The van der Waals surface area contributed by atoms with Gasteiger partial charge in [0.2, 0.25) is 0 Å². The molecule has 0 aliphatic rings. The van der Waals surface area contributed by atoms with E-state index in [4.69, 9.17) is 4.98 Å². The van der Waals surface area contributed by atoms with Gasteiger partial charge in [0.25, 0.3) is 0 Å². The van der Waals surface area contributed by atoms with Crippen molar-refractivity contribution in [3.63, 3.8) is 0 Å². The number of nitrogens with zero attached hydrogens (tertiary/aromatic N) is 2. The molecule has 0 aliphatic heterocycles. The molecule has 106 valence electrons. The molecule has 0 bridgehead atoms. The SMILES string of the molecule is [H-].[Li+].c1cncc(-c2ccc(-c3ccc4ccccc4n3)cc2)c1. The summed E-state index contributed by atoms with van der Waals surface area (Å²) in [5.41, 5.74) is 5.43. The molecule has 0 spiro atoms. The summed E-state index contributed by atoms with van der Waals surface area (Å²) < 4.78 is 0. The zero-order valence-electron chi connectivity index (χ0n) is 14.0. The number of aromatic nitrogens is 2. The molecule has 2 aromatic carbocycles. The van der Waals surface area contributed by atoms with E-state index in [1.807, 2.05) is 30.5 Å². The molecule has 0 N–H and O–H groups in total. The minimum Gasteiger partial charge on any atom is -1.00 e. The Morgan fingerprint density at radius 2 is 1.43 bits per heavy atom. The second-order valence-electron chi connectivity index (χ2n) is 5.21. The maximum Gasteiger partial charge on any atom is 1.00 e. The van der Waals surface area contributed by atoms with Crippen LogP contribution in [0.2, 0.25) is 0 Å². The molecule has 0 aliphatic carbocycles. The zero-order valence-corrected chi connectivity index (χ0v) is 13.0. The van der Waals surface area contributed by atoms with Gasteiger partial charge in [-0.15, -0.1) is 0 Å². The summed E-state index contributed by atoms with van der Waals surface area (Å²) in [6.07, 6.45) is 3.67. The van der Waals surface area contributed by atoms with Crippen LogP contribution in [0.1, 0.15) is 1.43 Å². The summed E-state index contributed by atoms with van der Waals surface area (Å²) in [7, 11) is 0. The average molecular weight is 290 g/mol. The molecule has 0 radical (unpaired) electrons. The first-order chi connectivity index (χ1) is 10.9. The zero-order chi connectivity index (χ0) is 14.8. The van der Waals surface area contributed by atoms with Gasteiger partial charge < -0.3 is 1.43 Å². The average Bonchev–Trinajstić information content (AvgIpc) is 2.62. The Morgan fingerprint density at radius 1 is 0.652 bits per heavy atom. The molecule has 0 amide bonds. The van der Waals surface area contributed by atoms with Gasteiger partial charge in [-0.3, -0.25) is 4.98 Å². The molecule has 0 saturated carbocycles. The van der Waals surface area contributed by atoms with E-state index in [1.54, 1.807) is 6.20 Å². The van der Waals surface area contributed by atoms with Gasteiger partial charge in [-0.25, -0.2) is 4.98 Å². The van der Waals surface area contributed by atoms with Crippen molar-refractivity contribution >= 4 is 10.9 Å². The molecule has 4 rings (SSSR count). The number of benzene rings is 2. The number of fused-ring (bicyclic) bond motifs is 1. The van der Waals surface area contributed by atoms with Crippen molar-refractivity contribution < 1.29 is 20.3 Å². The fourth-order valence-electron chi connectivity index (χ4n) is 2.59. The minimum absolute atomic E-state index is 0. The van der Waals surface area contributed by atoms with Gasteiger partial charge in [-0.1, -0.05) is 54.6 Å². The third-order valence-corrected chi connectivity index (χ3v) is 3.77. The van der Waals surface area contributed by atoms with Crippen LogP contribution in [0.5, 0.6) is 0 Å². The molecule has 23 heavy (non-hydrogen) atoms. The van der Waals surface area contributed by atoms with Crippen molar-refractivity contribution in [1.29, 1.82) is 0 Å². The van der Waals surface area contributed by atoms with Crippen molar-refractivity contribution in [2.45, 2.75) is 0 Å². The molecule has 3 heteroatoms. The Labute approximate surface area is 148 Å².